The van der Waals surface area contributed by atoms with Gasteiger partial charge in [0.15, 0.2) is 6.29 Å². The molecule has 0 spiro atoms. The van der Waals surface area contributed by atoms with E-state index in [4.69, 9.17) is 15.6 Å². The zero-order valence-corrected chi connectivity index (χ0v) is 21.6. The van der Waals surface area contributed by atoms with E-state index in [1.54, 1.807) is 9.58 Å². The van der Waals surface area contributed by atoms with Crippen LogP contribution in [0.1, 0.15) is 73.7 Å². The van der Waals surface area contributed by atoms with Crippen molar-refractivity contribution in [2.75, 3.05) is 18.8 Å². The molecule has 0 bridgehead atoms. The molecular formula is C28H29N7O3. The van der Waals surface area contributed by atoms with Gasteiger partial charge in [-0.05, 0) is 64.2 Å². The molecule has 1 aromatic carbocycles. The van der Waals surface area contributed by atoms with Crippen LogP contribution in [0.25, 0.3) is 21.9 Å². The highest BCUT2D eigenvalue weighted by molar-refractivity contribution is 6.02. The van der Waals surface area contributed by atoms with E-state index in [0.717, 1.165) is 22.9 Å². The van der Waals surface area contributed by atoms with E-state index in [9.17, 15) is 9.59 Å². The van der Waals surface area contributed by atoms with Crippen molar-refractivity contribution in [1.82, 2.24) is 29.2 Å². The lowest BCUT2D eigenvalue weighted by Crippen LogP contribution is -2.35. The average Bonchev–Trinajstić information content (AvgIpc) is 3.27. The molecule has 10 heteroatoms. The van der Waals surface area contributed by atoms with Crippen LogP contribution in [0.5, 0.6) is 0 Å². The van der Waals surface area contributed by atoms with Gasteiger partial charge in [0.25, 0.3) is 0 Å². The van der Waals surface area contributed by atoms with Gasteiger partial charge >= 0.3 is 6.09 Å². The van der Waals surface area contributed by atoms with Crippen LogP contribution in [0, 0.1) is 11.8 Å². The molecule has 1 atom stereocenters. The minimum absolute atomic E-state index is 0.163. The maximum Gasteiger partial charge on any atom is 0.410 e. The van der Waals surface area contributed by atoms with Crippen molar-refractivity contribution in [3.05, 3.63) is 47.5 Å². The van der Waals surface area contributed by atoms with Crippen molar-refractivity contribution in [1.29, 1.82) is 0 Å². The van der Waals surface area contributed by atoms with E-state index in [2.05, 4.69) is 26.4 Å². The highest BCUT2D eigenvalue weighted by Crippen LogP contribution is 2.37. The normalized spacial score (nSPS) is 17.6. The Hall–Kier alpha value is -4.39. The summed E-state index contributed by atoms with van der Waals surface area (Å²) in [4.78, 5) is 35.0. The Morgan fingerprint density at radius 1 is 1.16 bits per heavy atom. The number of nitrogens with zero attached hydrogens (tertiary/aromatic N) is 6. The molecule has 1 aliphatic heterocycles. The number of likely N-dealkylation sites (tertiary alicyclic amines) is 1. The SMILES string of the molecule is CC(C)(C)OC(=O)N1CC[C@H](n2nc(C#Cc3ccc4c(c3)ncn4C3CC3)c3c(N)ncc(C=O)c32)C1. The van der Waals surface area contributed by atoms with Gasteiger partial charge in [0, 0.05) is 30.9 Å². The number of ether oxygens (including phenoxy) is 1. The first-order valence-electron chi connectivity index (χ1n) is 12.8. The lowest BCUT2D eigenvalue weighted by molar-refractivity contribution is 0.0288. The number of benzene rings is 1. The first kappa shape index (κ1) is 24.0. The summed E-state index contributed by atoms with van der Waals surface area (Å²) in [5.41, 5.74) is 9.88. The Kier molecular flexibility index (Phi) is 5.60. The number of hydrogen-bond donors (Lipinski definition) is 1. The molecule has 194 valence electrons. The van der Waals surface area contributed by atoms with Crippen molar-refractivity contribution in [2.24, 2.45) is 0 Å². The molecule has 1 saturated heterocycles. The standard InChI is InChI=1S/C28H29N7O3/c1-28(2,3)38-27(37)33-11-10-20(14-33)35-25-18(15-36)13-30-26(29)24(25)21(32-35)8-4-17-5-9-23-22(12-17)31-16-34(23)19-6-7-19/h5,9,12-13,15-16,19-20H,6-7,10-11,14H2,1-3H3,(H2,29,30)/t20-/m0/s1. The van der Waals surface area contributed by atoms with Gasteiger partial charge in [0.2, 0.25) is 0 Å². The van der Waals surface area contributed by atoms with E-state index in [-0.39, 0.29) is 18.0 Å². The second-order valence-corrected chi connectivity index (χ2v) is 10.9. The zero-order valence-electron chi connectivity index (χ0n) is 21.6. The predicted molar refractivity (Wildman–Crippen MR) is 143 cm³/mol. The van der Waals surface area contributed by atoms with Crippen LogP contribution in [-0.2, 0) is 4.74 Å². The summed E-state index contributed by atoms with van der Waals surface area (Å²) in [7, 11) is 0. The van der Waals surface area contributed by atoms with E-state index < -0.39 is 5.60 Å². The first-order chi connectivity index (χ1) is 18.2. The number of pyridine rings is 1. The van der Waals surface area contributed by atoms with Crippen LogP contribution in [0.4, 0.5) is 10.6 Å². The van der Waals surface area contributed by atoms with Crippen LogP contribution in [0.3, 0.4) is 0 Å². The van der Waals surface area contributed by atoms with Gasteiger partial charge < -0.3 is 19.9 Å². The van der Waals surface area contributed by atoms with Crippen molar-refractivity contribution >= 4 is 40.1 Å². The largest absolute Gasteiger partial charge is 0.444 e. The Morgan fingerprint density at radius 2 is 1.97 bits per heavy atom. The van der Waals surface area contributed by atoms with Gasteiger partial charge in [-0.15, -0.1) is 0 Å². The van der Waals surface area contributed by atoms with Gasteiger partial charge in [0.1, 0.15) is 17.1 Å². The Bertz CT molecular complexity index is 1650. The summed E-state index contributed by atoms with van der Waals surface area (Å²) < 4.78 is 9.53. The fourth-order valence-corrected chi connectivity index (χ4v) is 4.97. The van der Waals surface area contributed by atoms with Gasteiger partial charge in [-0.25, -0.2) is 14.8 Å². The molecule has 4 heterocycles. The number of nitrogens with two attached hydrogens (primary N) is 1. The topological polar surface area (TPSA) is 121 Å². The van der Waals surface area contributed by atoms with Crippen LogP contribution < -0.4 is 5.73 Å². The lowest BCUT2D eigenvalue weighted by Gasteiger charge is -2.24. The number of nitrogen functional groups attached to an aromatic ring is 1. The molecule has 0 radical (unpaired) electrons. The molecule has 0 unspecified atom stereocenters. The molecule has 10 nitrogen and oxygen atoms in total. The Labute approximate surface area is 219 Å². The Balaban J connectivity index is 1.36. The van der Waals surface area contributed by atoms with E-state index >= 15 is 0 Å². The van der Waals surface area contributed by atoms with Crippen molar-refractivity contribution in [2.45, 2.75) is 57.7 Å². The van der Waals surface area contributed by atoms with E-state index in [0.29, 0.717) is 47.7 Å². The maximum absolute atomic E-state index is 12.6. The second kappa shape index (κ2) is 8.87. The Morgan fingerprint density at radius 3 is 2.71 bits per heavy atom. The minimum Gasteiger partial charge on any atom is -0.444 e. The average molecular weight is 512 g/mol. The second-order valence-electron chi connectivity index (χ2n) is 10.9. The monoisotopic (exact) mass is 511 g/mol. The first-order valence-corrected chi connectivity index (χ1v) is 12.8. The molecular weight excluding hydrogens is 482 g/mol. The third-order valence-corrected chi connectivity index (χ3v) is 6.91. The van der Waals surface area contributed by atoms with Gasteiger partial charge in [0.05, 0.1) is 39.9 Å². The summed E-state index contributed by atoms with van der Waals surface area (Å²) in [5.74, 6) is 6.59. The summed E-state index contributed by atoms with van der Waals surface area (Å²) in [6.07, 6.45) is 6.76. The number of amides is 1. The summed E-state index contributed by atoms with van der Waals surface area (Å²) >= 11 is 0. The number of hydrogen-bond acceptors (Lipinski definition) is 7. The molecule has 1 amide bonds. The number of carbonyl (C=O) groups is 2. The number of fused-ring (bicyclic) bond motifs is 2. The number of aromatic nitrogens is 5. The van der Waals surface area contributed by atoms with Crippen LogP contribution in [-0.4, -0.2) is 60.3 Å². The molecule has 2 fully saturated rings. The van der Waals surface area contributed by atoms with Crippen LogP contribution in [0.15, 0.2) is 30.7 Å². The number of imidazole rings is 1. The summed E-state index contributed by atoms with van der Waals surface area (Å²) in [6.45, 7) is 6.44. The minimum atomic E-state index is -0.583. The van der Waals surface area contributed by atoms with Gasteiger partial charge in [-0.1, -0.05) is 5.92 Å². The van der Waals surface area contributed by atoms with E-state index in [1.807, 2.05) is 45.3 Å². The lowest BCUT2D eigenvalue weighted by atomic mass is 10.1. The van der Waals surface area contributed by atoms with Crippen LogP contribution >= 0.6 is 0 Å². The quantitative estimate of drug-likeness (QED) is 0.325. The maximum atomic E-state index is 12.6. The zero-order chi connectivity index (χ0) is 26.6. The van der Waals surface area contributed by atoms with Crippen molar-refractivity contribution < 1.29 is 14.3 Å². The summed E-state index contributed by atoms with van der Waals surface area (Å²) in [5, 5.41) is 5.33. The highest BCUT2D eigenvalue weighted by atomic mass is 16.6. The number of carbonyl (C=O) groups excluding carboxylic acids is 2. The fourth-order valence-electron chi connectivity index (χ4n) is 4.97. The van der Waals surface area contributed by atoms with Gasteiger partial charge in [-0.2, -0.15) is 5.10 Å². The van der Waals surface area contributed by atoms with Gasteiger partial charge in [-0.3, -0.25) is 9.48 Å². The molecule has 1 aliphatic carbocycles. The molecule has 6 rings (SSSR count). The number of anilines is 1. The van der Waals surface area contributed by atoms with Crippen molar-refractivity contribution in [3.8, 4) is 11.8 Å². The molecule has 2 N–H and O–H groups in total. The molecule has 4 aromatic rings. The predicted octanol–water partition coefficient (Wildman–Crippen LogP) is 4.09. The van der Waals surface area contributed by atoms with Crippen LogP contribution in [0.2, 0.25) is 0 Å². The third kappa shape index (κ3) is 4.34. The highest BCUT2D eigenvalue weighted by Gasteiger charge is 2.33. The third-order valence-electron chi connectivity index (χ3n) is 6.91. The molecule has 2 aliphatic rings. The van der Waals surface area contributed by atoms with E-state index in [1.165, 1.54) is 19.0 Å². The van der Waals surface area contributed by atoms with Crippen molar-refractivity contribution in [3.63, 3.8) is 0 Å². The number of rotatable bonds is 3. The molecule has 3 aromatic heterocycles. The number of aldehydes is 1. The smallest absolute Gasteiger partial charge is 0.410 e. The fraction of sp³-hybridized carbons (Fsp3) is 0.393. The summed E-state index contributed by atoms with van der Waals surface area (Å²) in [6, 6.07) is 6.38. The molecule has 1 saturated carbocycles. The molecule has 38 heavy (non-hydrogen) atoms.